The Morgan fingerprint density at radius 3 is 2.42 bits per heavy atom. The van der Waals surface area contributed by atoms with Crippen LogP contribution in [0.2, 0.25) is 0 Å². The summed E-state index contributed by atoms with van der Waals surface area (Å²) in [6.07, 6.45) is 1.15. The SMILES string of the molecule is CC1(C)[C@]2(C)CC[C@@]1(C(=O)[O-])c1nc3cc([N+](=O)[O-])ccc3nc12. The summed E-state index contributed by atoms with van der Waals surface area (Å²) < 4.78 is 0. The average molecular weight is 326 g/mol. The van der Waals surface area contributed by atoms with E-state index in [0.717, 1.165) is 0 Å². The molecule has 1 aromatic heterocycles. The minimum absolute atomic E-state index is 0.0899. The van der Waals surface area contributed by atoms with Gasteiger partial charge in [0.15, 0.2) is 0 Å². The van der Waals surface area contributed by atoms with E-state index >= 15 is 0 Å². The predicted molar refractivity (Wildman–Crippen MR) is 83.2 cm³/mol. The van der Waals surface area contributed by atoms with Crippen LogP contribution in [0.5, 0.6) is 0 Å². The van der Waals surface area contributed by atoms with E-state index in [1.165, 1.54) is 12.1 Å². The summed E-state index contributed by atoms with van der Waals surface area (Å²) in [5, 5.41) is 23.1. The number of carbonyl (C=O) groups is 1. The van der Waals surface area contributed by atoms with Crippen LogP contribution in [0.4, 0.5) is 5.69 Å². The maximum Gasteiger partial charge on any atom is 0.271 e. The lowest BCUT2D eigenvalue weighted by Crippen LogP contribution is -2.52. The Bertz CT molecular complexity index is 939. The number of carbonyl (C=O) groups excluding carboxylic acids is 1. The number of nitrogens with zero attached hydrogens (tertiary/aromatic N) is 3. The summed E-state index contributed by atoms with van der Waals surface area (Å²) >= 11 is 0. The number of aliphatic carboxylic acids is 1. The number of rotatable bonds is 2. The quantitative estimate of drug-likeness (QED) is 0.612. The van der Waals surface area contributed by atoms with Crippen LogP contribution in [0.1, 0.15) is 45.0 Å². The van der Waals surface area contributed by atoms with E-state index in [-0.39, 0.29) is 5.69 Å². The molecule has 0 aliphatic heterocycles. The van der Waals surface area contributed by atoms with Crippen molar-refractivity contribution >= 4 is 22.7 Å². The zero-order valence-corrected chi connectivity index (χ0v) is 13.6. The summed E-state index contributed by atoms with van der Waals surface area (Å²) in [5.74, 6) is -1.14. The number of nitro groups is 1. The molecule has 0 unspecified atom stereocenters. The first-order valence-corrected chi connectivity index (χ1v) is 7.84. The Labute approximate surface area is 137 Å². The molecule has 0 spiro atoms. The van der Waals surface area contributed by atoms with E-state index in [1.807, 2.05) is 20.8 Å². The highest BCUT2D eigenvalue weighted by Gasteiger charge is 2.70. The highest BCUT2D eigenvalue weighted by molar-refractivity contribution is 5.87. The van der Waals surface area contributed by atoms with Crippen molar-refractivity contribution in [2.75, 3.05) is 0 Å². The van der Waals surface area contributed by atoms with Crippen LogP contribution in [0.25, 0.3) is 11.0 Å². The first-order valence-electron chi connectivity index (χ1n) is 7.84. The highest BCUT2D eigenvalue weighted by Crippen LogP contribution is 2.69. The molecule has 24 heavy (non-hydrogen) atoms. The Morgan fingerprint density at radius 2 is 1.79 bits per heavy atom. The van der Waals surface area contributed by atoms with Gasteiger partial charge < -0.3 is 9.90 Å². The van der Waals surface area contributed by atoms with Crippen molar-refractivity contribution < 1.29 is 14.8 Å². The van der Waals surface area contributed by atoms with E-state index in [0.29, 0.717) is 35.3 Å². The molecular formula is C17H16N3O4-. The lowest BCUT2D eigenvalue weighted by molar-refractivity contribution is -0.384. The molecule has 124 valence electrons. The number of aromatic nitrogens is 2. The second-order valence-corrected chi connectivity index (χ2v) is 7.50. The summed E-state index contributed by atoms with van der Waals surface area (Å²) in [6, 6.07) is 4.29. The van der Waals surface area contributed by atoms with Gasteiger partial charge in [-0.25, -0.2) is 9.97 Å². The fourth-order valence-electron chi connectivity index (χ4n) is 4.65. The number of hydrogen-bond donors (Lipinski definition) is 0. The number of nitro benzene ring substituents is 1. The lowest BCUT2D eigenvalue weighted by Gasteiger charge is -2.41. The van der Waals surface area contributed by atoms with Crippen LogP contribution in [0.15, 0.2) is 18.2 Å². The summed E-state index contributed by atoms with van der Waals surface area (Å²) in [4.78, 5) is 31.8. The molecule has 2 atom stereocenters. The normalized spacial score (nSPS) is 29.6. The molecule has 2 aliphatic carbocycles. The standard InChI is InChI=1S/C17H17N3O4/c1-15(2)16(3)6-7-17(15,14(21)22)13-12(16)18-10-5-4-9(20(23)24)8-11(10)19-13/h4-5,8H,6-7H2,1-3H3,(H,21,22)/p-1/t16-,17+/m1/s1. The highest BCUT2D eigenvalue weighted by atomic mass is 16.6. The molecule has 7 heteroatoms. The average Bonchev–Trinajstić information content (AvgIpc) is 2.81. The Morgan fingerprint density at radius 1 is 1.12 bits per heavy atom. The van der Waals surface area contributed by atoms with Crippen LogP contribution in [0, 0.1) is 15.5 Å². The third-order valence-corrected chi connectivity index (χ3v) is 6.58. The van der Waals surface area contributed by atoms with Gasteiger partial charge in [-0.1, -0.05) is 20.8 Å². The van der Waals surface area contributed by atoms with Crippen LogP contribution < -0.4 is 5.11 Å². The van der Waals surface area contributed by atoms with Gasteiger partial charge in [-0.3, -0.25) is 10.1 Å². The number of benzene rings is 1. The summed E-state index contributed by atoms with van der Waals surface area (Å²) in [5.41, 5.74) is -0.321. The molecule has 0 amide bonds. The minimum atomic E-state index is -1.21. The number of fused-ring (bicyclic) bond motifs is 6. The topological polar surface area (TPSA) is 109 Å². The lowest BCUT2D eigenvalue weighted by atomic mass is 9.64. The van der Waals surface area contributed by atoms with Crippen LogP contribution >= 0.6 is 0 Å². The first-order chi connectivity index (χ1) is 11.1. The fourth-order valence-corrected chi connectivity index (χ4v) is 4.65. The molecule has 1 saturated carbocycles. The maximum absolute atomic E-state index is 12.1. The Balaban J connectivity index is 2.08. The van der Waals surface area contributed by atoms with E-state index in [9.17, 15) is 20.0 Å². The largest absolute Gasteiger partial charge is 0.549 e. The first kappa shape index (κ1) is 15.0. The van der Waals surface area contributed by atoms with E-state index < -0.39 is 27.1 Å². The van der Waals surface area contributed by atoms with E-state index in [4.69, 9.17) is 0 Å². The molecule has 2 aliphatic rings. The van der Waals surface area contributed by atoms with Crippen molar-refractivity contribution in [2.24, 2.45) is 5.41 Å². The molecule has 1 fully saturated rings. The number of carboxylic acids is 1. The monoisotopic (exact) mass is 326 g/mol. The smallest absolute Gasteiger partial charge is 0.271 e. The molecular weight excluding hydrogens is 310 g/mol. The van der Waals surface area contributed by atoms with E-state index in [2.05, 4.69) is 9.97 Å². The summed E-state index contributed by atoms with van der Waals surface area (Å²) in [6.45, 7) is 5.87. The number of hydrogen-bond acceptors (Lipinski definition) is 6. The van der Waals surface area contributed by atoms with Gasteiger partial charge >= 0.3 is 0 Å². The molecule has 1 aromatic carbocycles. The van der Waals surface area contributed by atoms with Crippen molar-refractivity contribution in [2.45, 2.75) is 44.4 Å². The van der Waals surface area contributed by atoms with Crippen molar-refractivity contribution in [3.63, 3.8) is 0 Å². The minimum Gasteiger partial charge on any atom is -0.549 e. The van der Waals surface area contributed by atoms with Gasteiger partial charge in [-0.2, -0.15) is 0 Å². The van der Waals surface area contributed by atoms with Crippen molar-refractivity contribution in [3.8, 4) is 0 Å². The fraction of sp³-hybridized carbons (Fsp3) is 0.471. The molecule has 7 nitrogen and oxygen atoms in total. The van der Waals surface area contributed by atoms with Gasteiger partial charge in [0.25, 0.3) is 5.69 Å². The Hall–Kier alpha value is -2.57. The summed E-state index contributed by atoms with van der Waals surface area (Å²) in [7, 11) is 0. The van der Waals surface area contributed by atoms with Crippen molar-refractivity contribution in [1.82, 2.24) is 9.97 Å². The van der Waals surface area contributed by atoms with Gasteiger partial charge in [-0.15, -0.1) is 0 Å². The van der Waals surface area contributed by atoms with Crippen LogP contribution in [0.3, 0.4) is 0 Å². The molecule has 0 radical (unpaired) electrons. The number of non-ortho nitro benzene ring substituents is 1. The number of carboxylic acid groups (broad SMARTS) is 1. The van der Waals surface area contributed by atoms with Crippen molar-refractivity contribution in [3.05, 3.63) is 39.7 Å². The van der Waals surface area contributed by atoms with Gasteiger partial charge in [-0.05, 0) is 24.3 Å². The Kier molecular flexibility index (Phi) is 2.55. The van der Waals surface area contributed by atoms with Crippen LogP contribution in [-0.4, -0.2) is 20.9 Å². The van der Waals surface area contributed by atoms with Gasteiger partial charge in [0, 0.05) is 17.5 Å². The van der Waals surface area contributed by atoms with Crippen LogP contribution in [-0.2, 0) is 15.6 Å². The molecule has 4 rings (SSSR count). The van der Waals surface area contributed by atoms with Crippen molar-refractivity contribution in [1.29, 1.82) is 0 Å². The third-order valence-electron chi connectivity index (χ3n) is 6.58. The van der Waals surface area contributed by atoms with Gasteiger partial charge in [0.1, 0.15) is 0 Å². The van der Waals surface area contributed by atoms with E-state index in [1.54, 1.807) is 6.07 Å². The van der Waals surface area contributed by atoms with Gasteiger partial charge in [0.2, 0.25) is 0 Å². The molecule has 0 N–H and O–H groups in total. The molecule has 2 bridgehead atoms. The zero-order chi connectivity index (χ0) is 17.5. The third kappa shape index (κ3) is 1.37. The predicted octanol–water partition coefficient (Wildman–Crippen LogP) is 1.62. The zero-order valence-electron chi connectivity index (χ0n) is 13.6. The molecule has 1 heterocycles. The van der Waals surface area contributed by atoms with Gasteiger partial charge in [0.05, 0.1) is 38.7 Å². The second kappa shape index (κ2) is 4.09. The second-order valence-electron chi connectivity index (χ2n) is 7.50. The molecule has 2 aromatic rings. The maximum atomic E-state index is 12.1. The molecule has 0 saturated heterocycles.